The van der Waals surface area contributed by atoms with Crippen LogP contribution in [0.25, 0.3) is 22.6 Å². The van der Waals surface area contributed by atoms with Crippen LogP contribution in [0.3, 0.4) is 0 Å². The lowest BCUT2D eigenvalue weighted by atomic mass is 10.1. The van der Waals surface area contributed by atoms with Gasteiger partial charge in [-0.15, -0.1) is 11.3 Å². The van der Waals surface area contributed by atoms with Crippen molar-refractivity contribution >= 4 is 11.3 Å². The highest BCUT2D eigenvalue weighted by molar-refractivity contribution is 7.09. The third-order valence-corrected chi connectivity index (χ3v) is 4.63. The summed E-state index contributed by atoms with van der Waals surface area (Å²) in [5.41, 5.74) is 4.02. The van der Waals surface area contributed by atoms with Crippen molar-refractivity contribution in [3.63, 3.8) is 0 Å². The maximum Gasteiger partial charge on any atom is 0.264 e. The SMILES string of the molecule is Cc1cccc(OCc2nc(-c3cccc(-c4csc(C)n4)c3)no2)c1. The van der Waals surface area contributed by atoms with Crippen LogP contribution in [0.5, 0.6) is 5.75 Å². The van der Waals surface area contributed by atoms with Crippen LogP contribution in [0, 0.1) is 13.8 Å². The quantitative estimate of drug-likeness (QED) is 0.496. The fourth-order valence-electron chi connectivity index (χ4n) is 2.59. The number of aromatic nitrogens is 3. The first-order valence-electron chi connectivity index (χ1n) is 8.22. The van der Waals surface area contributed by atoms with Crippen LogP contribution in [-0.4, -0.2) is 15.1 Å². The first-order valence-corrected chi connectivity index (χ1v) is 9.10. The van der Waals surface area contributed by atoms with Crippen molar-refractivity contribution in [3.05, 3.63) is 70.4 Å². The van der Waals surface area contributed by atoms with E-state index < -0.39 is 0 Å². The smallest absolute Gasteiger partial charge is 0.264 e. The van der Waals surface area contributed by atoms with Crippen molar-refractivity contribution in [3.8, 4) is 28.4 Å². The minimum atomic E-state index is 0.238. The molecule has 4 rings (SSSR count). The van der Waals surface area contributed by atoms with Crippen molar-refractivity contribution in [2.45, 2.75) is 20.5 Å². The number of nitrogens with zero attached hydrogens (tertiary/aromatic N) is 3. The Morgan fingerprint density at radius 1 is 1.00 bits per heavy atom. The summed E-state index contributed by atoms with van der Waals surface area (Å²) < 4.78 is 11.0. The van der Waals surface area contributed by atoms with Gasteiger partial charge in [-0.3, -0.25) is 0 Å². The summed E-state index contributed by atoms with van der Waals surface area (Å²) in [6.45, 7) is 4.26. The fourth-order valence-corrected chi connectivity index (χ4v) is 3.22. The average molecular weight is 363 g/mol. The maximum atomic E-state index is 5.71. The maximum absolute atomic E-state index is 5.71. The Bertz CT molecular complexity index is 1040. The Labute approximate surface area is 155 Å². The van der Waals surface area contributed by atoms with E-state index in [0.29, 0.717) is 11.7 Å². The second kappa shape index (κ2) is 7.09. The summed E-state index contributed by atoms with van der Waals surface area (Å²) in [5, 5.41) is 7.16. The van der Waals surface area contributed by atoms with Crippen LogP contribution < -0.4 is 4.74 Å². The molecule has 0 N–H and O–H groups in total. The lowest BCUT2D eigenvalue weighted by molar-refractivity contribution is 0.243. The summed E-state index contributed by atoms with van der Waals surface area (Å²) in [6.07, 6.45) is 0. The van der Waals surface area contributed by atoms with Gasteiger partial charge in [0.2, 0.25) is 5.82 Å². The van der Waals surface area contributed by atoms with Gasteiger partial charge in [-0.05, 0) is 37.6 Å². The van der Waals surface area contributed by atoms with E-state index in [1.165, 1.54) is 0 Å². The van der Waals surface area contributed by atoms with Gasteiger partial charge in [-0.25, -0.2) is 4.98 Å². The van der Waals surface area contributed by atoms with E-state index in [1.807, 2.05) is 67.8 Å². The van der Waals surface area contributed by atoms with Crippen molar-refractivity contribution in [2.24, 2.45) is 0 Å². The number of ether oxygens (including phenoxy) is 1. The van der Waals surface area contributed by atoms with Gasteiger partial charge in [-0.1, -0.05) is 35.5 Å². The molecule has 0 fully saturated rings. The molecule has 0 aliphatic rings. The molecule has 0 aliphatic heterocycles. The van der Waals surface area contributed by atoms with E-state index in [-0.39, 0.29) is 6.61 Å². The van der Waals surface area contributed by atoms with Crippen LogP contribution >= 0.6 is 11.3 Å². The van der Waals surface area contributed by atoms with Gasteiger partial charge in [-0.2, -0.15) is 4.98 Å². The lowest BCUT2D eigenvalue weighted by Crippen LogP contribution is -1.95. The Hall–Kier alpha value is -2.99. The predicted molar refractivity (Wildman–Crippen MR) is 101 cm³/mol. The Morgan fingerprint density at radius 3 is 2.65 bits per heavy atom. The molecule has 0 bridgehead atoms. The van der Waals surface area contributed by atoms with E-state index in [4.69, 9.17) is 9.26 Å². The van der Waals surface area contributed by atoms with Gasteiger partial charge in [0.1, 0.15) is 5.75 Å². The largest absolute Gasteiger partial charge is 0.484 e. The number of hydrogen-bond donors (Lipinski definition) is 0. The van der Waals surface area contributed by atoms with E-state index in [2.05, 4.69) is 15.1 Å². The van der Waals surface area contributed by atoms with E-state index in [1.54, 1.807) is 11.3 Å². The van der Waals surface area contributed by atoms with Crippen molar-refractivity contribution in [1.82, 2.24) is 15.1 Å². The highest BCUT2D eigenvalue weighted by Crippen LogP contribution is 2.26. The Kier molecular flexibility index (Phi) is 4.50. The second-order valence-electron chi connectivity index (χ2n) is 5.95. The zero-order valence-corrected chi connectivity index (χ0v) is 15.3. The van der Waals surface area contributed by atoms with Gasteiger partial charge in [0, 0.05) is 16.5 Å². The fraction of sp³-hybridized carbons (Fsp3) is 0.150. The third kappa shape index (κ3) is 3.65. The zero-order valence-electron chi connectivity index (χ0n) is 14.5. The average Bonchev–Trinajstić information content (AvgIpc) is 3.29. The number of hydrogen-bond acceptors (Lipinski definition) is 6. The first-order chi connectivity index (χ1) is 12.7. The first kappa shape index (κ1) is 16.5. The molecule has 0 spiro atoms. The third-order valence-electron chi connectivity index (χ3n) is 3.86. The summed E-state index contributed by atoms with van der Waals surface area (Å²) in [7, 11) is 0. The molecule has 26 heavy (non-hydrogen) atoms. The van der Waals surface area contributed by atoms with Crippen molar-refractivity contribution in [2.75, 3.05) is 0 Å². The molecule has 4 aromatic rings. The van der Waals surface area contributed by atoms with Crippen LogP contribution in [0.4, 0.5) is 0 Å². The van der Waals surface area contributed by atoms with Crippen LogP contribution in [0.1, 0.15) is 16.5 Å². The van der Waals surface area contributed by atoms with Crippen LogP contribution in [-0.2, 0) is 6.61 Å². The molecular formula is C20H17N3O2S. The lowest BCUT2D eigenvalue weighted by Gasteiger charge is -2.03. The van der Waals surface area contributed by atoms with Gasteiger partial charge in [0.25, 0.3) is 5.89 Å². The molecule has 0 amide bonds. The van der Waals surface area contributed by atoms with E-state index in [9.17, 15) is 0 Å². The second-order valence-corrected chi connectivity index (χ2v) is 7.01. The molecule has 0 atom stereocenters. The number of thiazole rings is 1. The normalized spacial score (nSPS) is 10.8. The minimum absolute atomic E-state index is 0.238. The van der Waals surface area contributed by atoms with Gasteiger partial charge < -0.3 is 9.26 Å². The van der Waals surface area contributed by atoms with Crippen molar-refractivity contribution < 1.29 is 9.26 Å². The van der Waals surface area contributed by atoms with Crippen molar-refractivity contribution in [1.29, 1.82) is 0 Å². The molecule has 0 radical (unpaired) electrons. The Balaban J connectivity index is 1.51. The van der Waals surface area contributed by atoms with Gasteiger partial charge in [0.05, 0.1) is 10.7 Å². The summed E-state index contributed by atoms with van der Waals surface area (Å²) in [5.74, 6) is 1.77. The molecule has 0 saturated carbocycles. The molecule has 2 heterocycles. The molecule has 2 aromatic carbocycles. The highest BCUT2D eigenvalue weighted by atomic mass is 32.1. The van der Waals surface area contributed by atoms with Gasteiger partial charge >= 0.3 is 0 Å². The molecule has 130 valence electrons. The number of rotatable bonds is 5. The predicted octanol–water partition coefficient (Wildman–Crippen LogP) is 5.06. The molecular weight excluding hydrogens is 346 g/mol. The monoisotopic (exact) mass is 363 g/mol. The van der Waals surface area contributed by atoms with E-state index >= 15 is 0 Å². The van der Waals surface area contributed by atoms with Crippen LogP contribution in [0.2, 0.25) is 0 Å². The van der Waals surface area contributed by atoms with Crippen LogP contribution in [0.15, 0.2) is 58.4 Å². The molecule has 0 aliphatic carbocycles. The topological polar surface area (TPSA) is 61.0 Å². The minimum Gasteiger partial charge on any atom is -0.484 e. The number of benzene rings is 2. The highest BCUT2D eigenvalue weighted by Gasteiger charge is 2.11. The molecule has 0 unspecified atom stereocenters. The molecule has 5 nitrogen and oxygen atoms in total. The number of aryl methyl sites for hydroxylation is 2. The summed E-state index contributed by atoms with van der Waals surface area (Å²) in [4.78, 5) is 8.96. The molecule has 0 saturated heterocycles. The van der Waals surface area contributed by atoms with Gasteiger partial charge in [0.15, 0.2) is 6.61 Å². The standard InChI is InChI=1S/C20H17N3O2S/c1-13-5-3-8-17(9-13)24-11-19-22-20(23-25-19)16-7-4-6-15(10-16)18-12-26-14(2)21-18/h3-10,12H,11H2,1-2H3. The summed E-state index contributed by atoms with van der Waals surface area (Å²) in [6, 6.07) is 15.8. The zero-order chi connectivity index (χ0) is 17.9. The van der Waals surface area contributed by atoms with E-state index in [0.717, 1.165) is 33.1 Å². The Morgan fingerprint density at radius 2 is 1.85 bits per heavy atom. The summed E-state index contributed by atoms with van der Waals surface area (Å²) >= 11 is 1.63. The molecule has 6 heteroatoms. The molecule has 2 aromatic heterocycles.